The Hall–Kier alpha value is -1.02. The van der Waals surface area contributed by atoms with Gasteiger partial charge in [-0.05, 0) is 51.4 Å². The maximum Gasteiger partial charge on any atom is 0.119 e. The van der Waals surface area contributed by atoms with Crippen LogP contribution < -0.4 is 10.1 Å². The second kappa shape index (κ2) is 5.90. The summed E-state index contributed by atoms with van der Waals surface area (Å²) in [6.07, 6.45) is 2.08. The molecule has 0 bridgehead atoms. The third kappa shape index (κ3) is 4.23. The van der Waals surface area contributed by atoms with Crippen LogP contribution in [0.2, 0.25) is 0 Å². The predicted octanol–water partition coefficient (Wildman–Crippen LogP) is 3.02. The molecule has 0 aromatic heterocycles. The van der Waals surface area contributed by atoms with E-state index in [2.05, 4.69) is 38.2 Å². The monoisotopic (exact) mass is 221 g/mol. The van der Waals surface area contributed by atoms with Crippen molar-refractivity contribution in [1.82, 2.24) is 5.32 Å². The van der Waals surface area contributed by atoms with Crippen LogP contribution in [-0.2, 0) is 6.42 Å². The number of ether oxygens (including phenoxy) is 1. The highest BCUT2D eigenvalue weighted by molar-refractivity contribution is 5.27. The Balaban J connectivity index is 2.37. The average Bonchev–Trinajstić information content (AvgIpc) is 2.30. The molecule has 0 aliphatic heterocycles. The van der Waals surface area contributed by atoms with Gasteiger partial charge in [-0.1, -0.05) is 19.1 Å². The summed E-state index contributed by atoms with van der Waals surface area (Å²) in [4.78, 5) is 0. The molecule has 0 fully saturated rings. The lowest BCUT2D eigenvalue weighted by Crippen LogP contribution is -2.37. The summed E-state index contributed by atoms with van der Waals surface area (Å²) < 4.78 is 5.70. The SMILES string of the molecule is CCc1ccc(OCCC(C)(C)NC)cc1. The molecule has 0 saturated carbocycles. The highest BCUT2D eigenvalue weighted by Crippen LogP contribution is 2.14. The molecule has 2 nitrogen and oxygen atoms in total. The Morgan fingerprint density at radius 1 is 1.19 bits per heavy atom. The first-order chi connectivity index (χ1) is 7.57. The molecule has 1 N–H and O–H groups in total. The fourth-order valence-corrected chi connectivity index (χ4v) is 1.37. The van der Waals surface area contributed by atoms with Crippen LogP contribution >= 0.6 is 0 Å². The molecule has 1 rings (SSSR count). The molecule has 0 atom stereocenters. The largest absolute Gasteiger partial charge is 0.494 e. The number of benzene rings is 1. The first-order valence-corrected chi connectivity index (χ1v) is 5.98. The number of hydrogen-bond donors (Lipinski definition) is 1. The molecular weight excluding hydrogens is 198 g/mol. The van der Waals surface area contributed by atoms with Crippen molar-refractivity contribution < 1.29 is 4.74 Å². The zero-order valence-corrected chi connectivity index (χ0v) is 10.8. The fraction of sp³-hybridized carbons (Fsp3) is 0.571. The van der Waals surface area contributed by atoms with E-state index in [0.717, 1.165) is 25.2 Å². The minimum absolute atomic E-state index is 0.142. The van der Waals surface area contributed by atoms with Gasteiger partial charge in [-0.25, -0.2) is 0 Å². The van der Waals surface area contributed by atoms with Crippen LogP contribution in [0, 0.1) is 0 Å². The number of rotatable bonds is 6. The van der Waals surface area contributed by atoms with Crippen molar-refractivity contribution in [2.24, 2.45) is 0 Å². The maximum atomic E-state index is 5.70. The minimum atomic E-state index is 0.142. The highest BCUT2D eigenvalue weighted by Gasteiger charge is 2.13. The summed E-state index contributed by atoms with van der Waals surface area (Å²) in [6.45, 7) is 7.26. The lowest BCUT2D eigenvalue weighted by molar-refractivity contribution is 0.256. The third-order valence-electron chi connectivity index (χ3n) is 3.00. The van der Waals surface area contributed by atoms with Crippen molar-refractivity contribution in [3.63, 3.8) is 0 Å². The summed E-state index contributed by atoms with van der Waals surface area (Å²) in [5.74, 6) is 0.962. The lowest BCUT2D eigenvalue weighted by Gasteiger charge is -2.23. The molecule has 1 aromatic rings. The Labute approximate surface area is 99.0 Å². The fourth-order valence-electron chi connectivity index (χ4n) is 1.37. The molecule has 0 unspecified atom stereocenters. The van der Waals surface area contributed by atoms with Crippen molar-refractivity contribution in [2.45, 2.75) is 39.2 Å². The molecule has 0 aliphatic rings. The van der Waals surface area contributed by atoms with E-state index in [1.807, 2.05) is 19.2 Å². The predicted molar refractivity (Wildman–Crippen MR) is 69.1 cm³/mol. The van der Waals surface area contributed by atoms with E-state index in [4.69, 9.17) is 4.74 Å². The van der Waals surface area contributed by atoms with Crippen LogP contribution in [-0.4, -0.2) is 19.2 Å². The van der Waals surface area contributed by atoms with Crippen LogP contribution in [0.15, 0.2) is 24.3 Å². The van der Waals surface area contributed by atoms with Gasteiger partial charge in [-0.2, -0.15) is 0 Å². The van der Waals surface area contributed by atoms with E-state index in [1.54, 1.807) is 0 Å². The highest BCUT2D eigenvalue weighted by atomic mass is 16.5. The second-order valence-corrected chi connectivity index (χ2v) is 4.73. The van der Waals surface area contributed by atoms with E-state index < -0.39 is 0 Å². The van der Waals surface area contributed by atoms with E-state index in [9.17, 15) is 0 Å². The Morgan fingerprint density at radius 2 is 1.81 bits per heavy atom. The van der Waals surface area contributed by atoms with Gasteiger partial charge in [0.15, 0.2) is 0 Å². The van der Waals surface area contributed by atoms with Crippen LogP contribution in [0.1, 0.15) is 32.8 Å². The van der Waals surface area contributed by atoms with Crippen LogP contribution in [0.3, 0.4) is 0 Å². The van der Waals surface area contributed by atoms with E-state index >= 15 is 0 Å². The number of hydrogen-bond acceptors (Lipinski definition) is 2. The van der Waals surface area contributed by atoms with Gasteiger partial charge >= 0.3 is 0 Å². The molecule has 16 heavy (non-hydrogen) atoms. The van der Waals surface area contributed by atoms with E-state index in [0.29, 0.717) is 0 Å². The summed E-state index contributed by atoms with van der Waals surface area (Å²) in [5.41, 5.74) is 1.49. The average molecular weight is 221 g/mol. The van der Waals surface area contributed by atoms with Crippen molar-refractivity contribution in [3.05, 3.63) is 29.8 Å². The number of aryl methyl sites for hydroxylation is 1. The molecular formula is C14H23NO. The van der Waals surface area contributed by atoms with Gasteiger partial charge in [0.2, 0.25) is 0 Å². The minimum Gasteiger partial charge on any atom is -0.494 e. The van der Waals surface area contributed by atoms with E-state index in [1.165, 1.54) is 5.56 Å². The standard InChI is InChI=1S/C14H23NO/c1-5-12-6-8-13(9-7-12)16-11-10-14(2,3)15-4/h6-9,15H,5,10-11H2,1-4H3. The van der Waals surface area contributed by atoms with E-state index in [-0.39, 0.29) is 5.54 Å². The normalized spacial score (nSPS) is 11.5. The molecule has 0 spiro atoms. The zero-order valence-electron chi connectivity index (χ0n) is 10.8. The lowest BCUT2D eigenvalue weighted by atomic mass is 10.0. The summed E-state index contributed by atoms with van der Waals surface area (Å²) in [5, 5.41) is 3.27. The number of nitrogens with one attached hydrogen (secondary N) is 1. The molecule has 0 radical (unpaired) electrons. The molecule has 0 amide bonds. The first-order valence-electron chi connectivity index (χ1n) is 5.98. The van der Waals surface area contributed by atoms with Gasteiger partial charge in [-0.3, -0.25) is 0 Å². The Bertz CT molecular complexity index is 303. The quantitative estimate of drug-likeness (QED) is 0.797. The Morgan fingerprint density at radius 3 is 2.31 bits per heavy atom. The molecule has 90 valence electrons. The van der Waals surface area contributed by atoms with Crippen molar-refractivity contribution in [3.8, 4) is 5.75 Å². The molecule has 1 aromatic carbocycles. The molecule has 0 heterocycles. The summed E-state index contributed by atoms with van der Waals surface area (Å²) in [6, 6.07) is 8.34. The van der Waals surface area contributed by atoms with Gasteiger partial charge in [0.1, 0.15) is 5.75 Å². The Kier molecular flexibility index (Phi) is 4.81. The first kappa shape index (κ1) is 13.0. The van der Waals surface area contributed by atoms with Crippen LogP contribution in [0.25, 0.3) is 0 Å². The van der Waals surface area contributed by atoms with Gasteiger partial charge in [0.25, 0.3) is 0 Å². The van der Waals surface area contributed by atoms with Crippen molar-refractivity contribution in [2.75, 3.05) is 13.7 Å². The van der Waals surface area contributed by atoms with Gasteiger partial charge in [0, 0.05) is 5.54 Å². The summed E-state index contributed by atoms with van der Waals surface area (Å²) in [7, 11) is 1.98. The van der Waals surface area contributed by atoms with Crippen molar-refractivity contribution >= 4 is 0 Å². The second-order valence-electron chi connectivity index (χ2n) is 4.73. The summed E-state index contributed by atoms with van der Waals surface area (Å²) >= 11 is 0. The zero-order chi connectivity index (χ0) is 12.0. The van der Waals surface area contributed by atoms with Gasteiger partial charge in [-0.15, -0.1) is 0 Å². The third-order valence-corrected chi connectivity index (χ3v) is 3.00. The topological polar surface area (TPSA) is 21.3 Å². The van der Waals surface area contributed by atoms with Crippen LogP contribution in [0.5, 0.6) is 5.75 Å². The van der Waals surface area contributed by atoms with Crippen LogP contribution in [0.4, 0.5) is 0 Å². The van der Waals surface area contributed by atoms with Crippen molar-refractivity contribution in [1.29, 1.82) is 0 Å². The molecule has 0 saturated heterocycles. The molecule has 0 aliphatic carbocycles. The smallest absolute Gasteiger partial charge is 0.119 e. The maximum absolute atomic E-state index is 5.70. The van der Waals surface area contributed by atoms with Gasteiger partial charge in [0.05, 0.1) is 6.61 Å². The van der Waals surface area contributed by atoms with Gasteiger partial charge < -0.3 is 10.1 Å². The molecule has 2 heteroatoms.